The van der Waals surface area contributed by atoms with Crippen LogP contribution in [-0.2, 0) is 9.53 Å². The van der Waals surface area contributed by atoms with Gasteiger partial charge in [-0.1, -0.05) is 23.8 Å². The SMILES string of the molecule is COC(=O)CC=Cc1cc(Cl)cnc1OC. The molecular weight excluding hydrogens is 230 g/mol. The number of rotatable bonds is 4. The summed E-state index contributed by atoms with van der Waals surface area (Å²) in [5, 5.41) is 0.513. The van der Waals surface area contributed by atoms with E-state index in [0.717, 1.165) is 5.56 Å². The summed E-state index contributed by atoms with van der Waals surface area (Å²) < 4.78 is 9.55. The lowest BCUT2D eigenvalue weighted by Crippen LogP contribution is -1.97. The van der Waals surface area contributed by atoms with Crippen molar-refractivity contribution in [3.8, 4) is 5.88 Å². The molecule has 0 saturated carbocycles. The molecule has 0 amide bonds. The minimum absolute atomic E-state index is 0.201. The Kier molecular flexibility index (Phi) is 4.79. The first-order chi connectivity index (χ1) is 7.67. The number of carbonyl (C=O) groups excluding carboxylic acids is 1. The van der Waals surface area contributed by atoms with Crippen LogP contribution in [0.15, 0.2) is 18.3 Å². The van der Waals surface area contributed by atoms with E-state index in [1.807, 2.05) is 0 Å². The maximum atomic E-state index is 10.9. The lowest BCUT2D eigenvalue weighted by molar-refractivity contribution is -0.139. The average molecular weight is 242 g/mol. The number of pyridine rings is 1. The first-order valence-corrected chi connectivity index (χ1v) is 4.98. The minimum atomic E-state index is -0.301. The number of halogens is 1. The molecule has 0 unspecified atom stereocenters. The summed E-state index contributed by atoms with van der Waals surface area (Å²) >= 11 is 5.80. The van der Waals surface area contributed by atoms with E-state index >= 15 is 0 Å². The molecule has 0 aliphatic heterocycles. The van der Waals surface area contributed by atoms with Gasteiger partial charge in [-0.05, 0) is 6.07 Å². The van der Waals surface area contributed by atoms with Gasteiger partial charge in [-0.2, -0.15) is 0 Å². The van der Waals surface area contributed by atoms with Gasteiger partial charge >= 0.3 is 5.97 Å². The van der Waals surface area contributed by atoms with E-state index in [4.69, 9.17) is 16.3 Å². The van der Waals surface area contributed by atoms with Crippen LogP contribution in [0.5, 0.6) is 5.88 Å². The Hall–Kier alpha value is -1.55. The lowest BCUT2D eigenvalue weighted by Gasteiger charge is -2.03. The maximum absolute atomic E-state index is 10.9. The van der Waals surface area contributed by atoms with Crippen molar-refractivity contribution in [2.75, 3.05) is 14.2 Å². The molecule has 86 valence electrons. The van der Waals surface area contributed by atoms with Gasteiger partial charge in [0.1, 0.15) is 0 Å². The third kappa shape index (κ3) is 3.55. The van der Waals surface area contributed by atoms with Crippen LogP contribution in [0.1, 0.15) is 12.0 Å². The molecule has 0 spiro atoms. The fraction of sp³-hybridized carbons (Fsp3) is 0.273. The predicted molar refractivity (Wildman–Crippen MR) is 61.5 cm³/mol. The van der Waals surface area contributed by atoms with Crippen LogP contribution in [0.2, 0.25) is 5.02 Å². The zero-order valence-electron chi connectivity index (χ0n) is 9.07. The normalized spacial score (nSPS) is 10.4. The van der Waals surface area contributed by atoms with Gasteiger partial charge in [0.25, 0.3) is 0 Å². The molecule has 0 atom stereocenters. The van der Waals surface area contributed by atoms with Gasteiger partial charge in [0, 0.05) is 11.8 Å². The molecular formula is C11H12ClNO3. The van der Waals surface area contributed by atoms with Crippen molar-refractivity contribution in [2.24, 2.45) is 0 Å². The minimum Gasteiger partial charge on any atom is -0.481 e. The fourth-order valence-electron chi connectivity index (χ4n) is 1.10. The highest BCUT2D eigenvalue weighted by molar-refractivity contribution is 6.30. The van der Waals surface area contributed by atoms with Crippen LogP contribution < -0.4 is 4.74 Å². The average Bonchev–Trinajstić information content (AvgIpc) is 2.29. The van der Waals surface area contributed by atoms with Crippen LogP contribution >= 0.6 is 11.6 Å². The molecule has 4 nitrogen and oxygen atoms in total. The molecule has 0 bridgehead atoms. The first-order valence-electron chi connectivity index (χ1n) is 4.60. The third-order valence-corrected chi connectivity index (χ3v) is 2.06. The number of hydrogen-bond acceptors (Lipinski definition) is 4. The molecule has 1 rings (SSSR count). The largest absolute Gasteiger partial charge is 0.481 e. The van der Waals surface area contributed by atoms with E-state index in [1.165, 1.54) is 20.4 Å². The molecule has 0 aromatic carbocycles. The number of methoxy groups -OCH3 is 2. The second-order valence-electron chi connectivity index (χ2n) is 2.93. The predicted octanol–water partition coefficient (Wildman–Crippen LogP) is 2.32. The molecule has 0 radical (unpaired) electrons. The Morgan fingerprint density at radius 3 is 2.94 bits per heavy atom. The maximum Gasteiger partial charge on any atom is 0.309 e. The highest BCUT2D eigenvalue weighted by Gasteiger charge is 2.02. The first kappa shape index (κ1) is 12.5. The molecule has 0 aliphatic carbocycles. The smallest absolute Gasteiger partial charge is 0.309 e. The fourth-order valence-corrected chi connectivity index (χ4v) is 1.26. The van der Waals surface area contributed by atoms with E-state index in [2.05, 4.69) is 9.72 Å². The number of carbonyl (C=O) groups is 1. The van der Waals surface area contributed by atoms with Crippen LogP contribution in [0.25, 0.3) is 6.08 Å². The highest BCUT2D eigenvalue weighted by atomic mass is 35.5. The van der Waals surface area contributed by atoms with E-state index in [-0.39, 0.29) is 12.4 Å². The summed E-state index contributed by atoms with van der Waals surface area (Å²) in [4.78, 5) is 14.9. The summed E-state index contributed by atoms with van der Waals surface area (Å²) in [5.74, 6) is 0.163. The summed E-state index contributed by atoms with van der Waals surface area (Å²) in [6, 6.07) is 1.71. The standard InChI is InChI=1S/C11H12ClNO3/c1-15-10(14)5-3-4-8-6-9(12)7-13-11(8)16-2/h3-4,6-7H,5H2,1-2H3. The quantitative estimate of drug-likeness (QED) is 0.759. The number of nitrogens with zero attached hydrogens (tertiary/aromatic N) is 1. The number of esters is 1. The van der Waals surface area contributed by atoms with E-state index in [1.54, 1.807) is 18.2 Å². The van der Waals surface area contributed by atoms with Crippen molar-refractivity contribution >= 4 is 23.6 Å². The molecule has 1 aromatic heterocycles. The van der Waals surface area contributed by atoms with E-state index in [0.29, 0.717) is 10.9 Å². The second kappa shape index (κ2) is 6.12. The topological polar surface area (TPSA) is 48.4 Å². The lowest BCUT2D eigenvalue weighted by atomic mass is 10.2. The van der Waals surface area contributed by atoms with Gasteiger partial charge in [0.15, 0.2) is 0 Å². The summed E-state index contributed by atoms with van der Waals surface area (Å²) in [5.41, 5.74) is 0.721. The molecule has 5 heteroatoms. The van der Waals surface area contributed by atoms with Crippen LogP contribution in [0, 0.1) is 0 Å². The van der Waals surface area contributed by atoms with Crippen molar-refractivity contribution in [3.63, 3.8) is 0 Å². The van der Waals surface area contributed by atoms with E-state index < -0.39 is 0 Å². The summed E-state index contributed by atoms with van der Waals surface area (Å²) in [7, 11) is 2.87. The molecule has 16 heavy (non-hydrogen) atoms. The molecule has 1 heterocycles. The number of hydrogen-bond donors (Lipinski definition) is 0. The molecule has 1 aromatic rings. The number of ether oxygens (including phenoxy) is 2. The van der Waals surface area contributed by atoms with Crippen molar-refractivity contribution in [2.45, 2.75) is 6.42 Å². The molecule has 0 N–H and O–H groups in total. The van der Waals surface area contributed by atoms with Crippen LogP contribution in [0.4, 0.5) is 0 Å². The van der Waals surface area contributed by atoms with Crippen molar-refractivity contribution in [1.29, 1.82) is 0 Å². The Labute approximate surface area is 98.8 Å². The zero-order valence-corrected chi connectivity index (χ0v) is 9.82. The number of aromatic nitrogens is 1. The van der Waals surface area contributed by atoms with E-state index in [9.17, 15) is 4.79 Å². The Morgan fingerprint density at radius 2 is 2.31 bits per heavy atom. The Morgan fingerprint density at radius 1 is 1.56 bits per heavy atom. The monoisotopic (exact) mass is 241 g/mol. The van der Waals surface area contributed by atoms with Gasteiger partial charge in [-0.25, -0.2) is 4.98 Å². The molecule has 0 aliphatic rings. The van der Waals surface area contributed by atoms with Crippen LogP contribution in [0.3, 0.4) is 0 Å². The van der Waals surface area contributed by atoms with Gasteiger partial charge in [0.05, 0.1) is 25.7 Å². The van der Waals surface area contributed by atoms with Crippen molar-refractivity contribution in [1.82, 2.24) is 4.98 Å². The van der Waals surface area contributed by atoms with Gasteiger partial charge in [-0.15, -0.1) is 0 Å². The summed E-state index contributed by atoms with van der Waals surface area (Å²) in [6.07, 6.45) is 5.08. The highest BCUT2D eigenvalue weighted by Crippen LogP contribution is 2.20. The second-order valence-corrected chi connectivity index (χ2v) is 3.37. The van der Waals surface area contributed by atoms with Gasteiger partial charge in [0.2, 0.25) is 5.88 Å². The van der Waals surface area contributed by atoms with Crippen molar-refractivity contribution < 1.29 is 14.3 Å². The summed E-state index contributed by atoms with van der Waals surface area (Å²) in [6.45, 7) is 0. The zero-order chi connectivity index (χ0) is 12.0. The Balaban J connectivity index is 2.79. The third-order valence-electron chi connectivity index (χ3n) is 1.85. The van der Waals surface area contributed by atoms with Gasteiger partial charge < -0.3 is 9.47 Å². The molecule has 0 saturated heterocycles. The Bertz CT molecular complexity index is 404. The molecule has 0 fully saturated rings. The van der Waals surface area contributed by atoms with Crippen LogP contribution in [-0.4, -0.2) is 25.2 Å². The van der Waals surface area contributed by atoms with Crippen molar-refractivity contribution in [3.05, 3.63) is 28.9 Å². The van der Waals surface area contributed by atoms with Gasteiger partial charge in [-0.3, -0.25) is 4.79 Å².